The molecule has 1 atom stereocenters. The van der Waals surface area contributed by atoms with Crippen LogP contribution >= 0.6 is 0 Å². The lowest BCUT2D eigenvalue weighted by Crippen LogP contribution is -2.28. The summed E-state index contributed by atoms with van der Waals surface area (Å²) in [4.78, 5) is 12.5. The minimum atomic E-state index is -4.67. The van der Waals surface area contributed by atoms with Gasteiger partial charge in [0.2, 0.25) is 0 Å². The predicted molar refractivity (Wildman–Crippen MR) is 118 cm³/mol. The highest BCUT2D eigenvalue weighted by Crippen LogP contribution is 2.32. The predicted octanol–water partition coefficient (Wildman–Crippen LogP) is 4.86. The van der Waals surface area contributed by atoms with Crippen molar-refractivity contribution >= 4 is 15.6 Å². The Morgan fingerprint density at radius 2 is 1.79 bits per heavy atom. The monoisotopic (exact) mass is 476 g/mol. The third-order valence-electron chi connectivity index (χ3n) is 5.07. The van der Waals surface area contributed by atoms with Crippen molar-refractivity contribution in [1.82, 2.24) is 15.5 Å². The fraction of sp³-hybridized carbons (Fsp3) is 0.261. The van der Waals surface area contributed by atoms with Crippen molar-refractivity contribution in [2.45, 2.75) is 43.3 Å². The van der Waals surface area contributed by atoms with Crippen LogP contribution in [0.25, 0.3) is 0 Å². The van der Waals surface area contributed by atoms with Gasteiger partial charge in [-0.2, -0.15) is 18.3 Å². The highest BCUT2D eigenvalue weighted by Gasteiger charge is 2.32. The molecule has 3 aromatic rings. The summed E-state index contributed by atoms with van der Waals surface area (Å²) in [5, 5.41) is 9.80. The molecule has 33 heavy (non-hydrogen) atoms. The number of aryl methyl sites for hydroxylation is 3. The van der Waals surface area contributed by atoms with Crippen molar-refractivity contribution in [1.29, 1.82) is 4.78 Å². The van der Waals surface area contributed by atoms with E-state index in [2.05, 4.69) is 15.5 Å². The molecule has 2 aromatic carbocycles. The maximum absolute atomic E-state index is 13.3. The molecule has 1 aromatic heterocycles. The number of hydrogen-bond donors (Lipinski definition) is 2. The van der Waals surface area contributed by atoms with E-state index in [1.165, 1.54) is 6.07 Å². The van der Waals surface area contributed by atoms with Gasteiger partial charge in [-0.15, -0.1) is 5.10 Å². The van der Waals surface area contributed by atoms with Crippen molar-refractivity contribution in [2.75, 3.05) is 6.54 Å². The van der Waals surface area contributed by atoms with Gasteiger partial charge in [0.05, 0.1) is 21.7 Å². The minimum Gasteiger partial charge on any atom is -0.352 e. The zero-order valence-corrected chi connectivity index (χ0v) is 19.1. The lowest BCUT2D eigenvalue weighted by molar-refractivity contribution is -0.137. The molecule has 0 saturated carbocycles. The topological polar surface area (TPSA) is 95.8 Å². The summed E-state index contributed by atoms with van der Waals surface area (Å²) < 4.78 is 61.0. The number of nitrogens with one attached hydrogen (secondary N) is 2. The maximum atomic E-state index is 13.3. The number of aromatic nitrogens is 2. The standard InChI is InChI=1S/C23H23F3N4O2S/c1-14-7-8-17(15(2)11-14)9-10-28-21(31)20-12-16(3)29-30-22(20)33(27,32)19-6-4-5-18(13-19)23(24,25)26/h4-8,11-13,27H,9-10H2,1-3H3,(H,28,31)/t33-/m0/s1. The first kappa shape index (κ1) is 24.4. The van der Waals surface area contributed by atoms with E-state index in [-0.39, 0.29) is 12.1 Å². The van der Waals surface area contributed by atoms with Gasteiger partial charge in [-0.3, -0.25) is 4.79 Å². The lowest BCUT2D eigenvalue weighted by atomic mass is 10.0. The average molecular weight is 477 g/mol. The van der Waals surface area contributed by atoms with Crippen molar-refractivity contribution in [3.8, 4) is 0 Å². The third kappa shape index (κ3) is 5.57. The number of amides is 1. The Balaban J connectivity index is 1.89. The van der Waals surface area contributed by atoms with Crippen LogP contribution in [0, 0.1) is 25.6 Å². The largest absolute Gasteiger partial charge is 0.416 e. The molecule has 0 saturated heterocycles. The molecule has 174 valence electrons. The van der Waals surface area contributed by atoms with E-state index in [1.54, 1.807) is 6.92 Å². The Morgan fingerprint density at radius 3 is 2.45 bits per heavy atom. The summed E-state index contributed by atoms with van der Waals surface area (Å²) in [6.45, 7) is 5.80. The molecule has 2 N–H and O–H groups in total. The van der Waals surface area contributed by atoms with E-state index in [0.717, 1.165) is 34.9 Å². The van der Waals surface area contributed by atoms with Crippen LogP contribution in [0.15, 0.2) is 58.5 Å². The summed E-state index contributed by atoms with van der Waals surface area (Å²) in [7, 11) is -4.04. The van der Waals surface area contributed by atoms with Crippen molar-refractivity contribution < 1.29 is 22.2 Å². The molecule has 0 bridgehead atoms. The number of carbonyl (C=O) groups excluding carboxylic acids is 1. The van der Waals surface area contributed by atoms with Crippen LogP contribution in [-0.2, 0) is 22.3 Å². The Kier molecular flexibility index (Phi) is 6.87. The molecule has 1 heterocycles. The van der Waals surface area contributed by atoms with Crippen molar-refractivity contribution in [3.05, 3.63) is 82.0 Å². The molecular formula is C23H23F3N4O2S. The fourth-order valence-electron chi connectivity index (χ4n) is 3.35. The summed E-state index contributed by atoms with van der Waals surface area (Å²) in [6, 6.07) is 11.0. The Morgan fingerprint density at radius 1 is 1.06 bits per heavy atom. The second-order valence-electron chi connectivity index (χ2n) is 7.72. The number of rotatable bonds is 6. The minimum absolute atomic E-state index is 0.152. The van der Waals surface area contributed by atoms with Gasteiger partial charge in [0.25, 0.3) is 5.91 Å². The second-order valence-corrected chi connectivity index (χ2v) is 9.69. The number of halogens is 3. The van der Waals surface area contributed by atoms with Crippen LogP contribution in [0.2, 0.25) is 0 Å². The molecule has 0 aliphatic heterocycles. The number of carbonyl (C=O) groups is 1. The van der Waals surface area contributed by atoms with Crippen LogP contribution in [-0.4, -0.2) is 26.9 Å². The molecule has 0 radical (unpaired) electrons. The van der Waals surface area contributed by atoms with Gasteiger partial charge in [-0.05, 0) is 62.6 Å². The van der Waals surface area contributed by atoms with Gasteiger partial charge in [-0.1, -0.05) is 29.8 Å². The first-order valence-corrected chi connectivity index (χ1v) is 11.6. The van der Waals surface area contributed by atoms with E-state index in [1.807, 2.05) is 32.0 Å². The SMILES string of the molecule is Cc1ccc(CCNC(=O)c2cc(C)nnc2[S@@](=N)(=O)c2cccc(C(F)(F)F)c2)c(C)c1. The molecule has 1 amide bonds. The molecule has 0 aliphatic carbocycles. The molecule has 0 fully saturated rings. The fourth-order valence-corrected chi connectivity index (χ4v) is 4.75. The number of alkyl halides is 3. The molecule has 3 rings (SSSR count). The second kappa shape index (κ2) is 9.30. The van der Waals surface area contributed by atoms with E-state index in [4.69, 9.17) is 4.78 Å². The number of hydrogen-bond acceptors (Lipinski definition) is 5. The summed E-state index contributed by atoms with van der Waals surface area (Å²) in [5.41, 5.74) is 2.42. The van der Waals surface area contributed by atoms with E-state index < -0.39 is 37.3 Å². The van der Waals surface area contributed by atoms with Crippen molar-refractivity contribution in [3.63, 3.8) is 0 Å². The molecular weight excluding hydrogens is 453 g/mol. The van der Waals surface area contributed by atoms with Gasteiger partial charge in [0.15, 0.2) is 5.03 Å². The maximum Gasteiger partial charge on any atom is 0.416 e. The zero-order chi connectivity index (χ0) is 24.4. The molecule has 0 aliphatic rings. The van der Waals surface area contributed by atoms with Crippen LogP contribution < -0.4 is 5.32 Å². The quantitative estimate of drug-likeness (QED) is 0.531. The van der Waals surface area contributed by atoms with E-state index >= 15 is 0 Å². The zero-order valence-electron chi connectivity index (χ0n) is 18.3. The molecule has 6 nitrogen and oxygen atoms in total. The molecule has 0 unspecified atom stereocenters. The summed E-state index contributed by atoms with van der Waals surface area (Å²) in [5.74, 6) is -0.625. The molecule has 10 heteroatoms. The first-order valence-electron chi connectivity index (χ1n) is 10.0. The van der Waals surface area contributed by atoms with E-state index in [0.29, 0.717) is 18.2 Å². The van der Waals surface area contributed by atoms with Gasteiger partial charge < -0.3 is 5.32 Å². The molecule has 0 spiro atoms. The van der Waals surface area contributed by atoms with Gasteiger partial charge in [0.1, 0.15) is 9.73 Å². The lowest BCUT2D eigenvalue weighted by Gasteiger charge is -2.14. The Bertz CT molecular complexity index is 1310. The Hall–Kier alpha value is -3.27. The van der Waals surface area contributed by atoms with Gasteiger partial charge >= 0.3 is 6.18 Å². The van der Waals surface area contributed by atoms with Crippen molar-refractivity contribution in [2.24, 2.45) is 0 Å². The smallest absolute Gasteiger partial charge is 0.352 e. The van der Waals surface area contributed by atoms with Crippen LogP contribution in [0.5, 0.6) is 0 Å². The Labute approximate surface area is 190 Å². The normalized spacial score (nSPS) is 13.4. The first-order chi connectivity index (χ1) is 15.4. The van der Waals surface area contributed by atoms with Crippen LogP contribution in [0.4, 0.5) is 13.2 Å². The van der Waals surface area contributed by atoms with Gasteiger partial charge in [0, 0.05) is 6.54 Å². The summed E-state index contributed by atoms with van der Waals surface area (Å²) in [6.07, 6.45) is -4.12. The number of benzene rings is 2. The van der Waals surface area contributed by atoms with E-state index in [9.17, 15) is 22.2 Å². The van der Waals surface area contributed by atoms with Gasteiger partial charge in [-0.25, -0.2) is 8.99 Å². The number of nitrogens with zero attached hydrogens (tertiary/aromatic N) is 2. The highest BCUT2D eigenvalue weighted by atomic mass is 32.2. The van der Waals surface area contributed by atoms with Crippen LogP contribution in [0.3, 0.4) is 0 Å². The average Bonchev–Trinajstić information content (AvgIpc) is 2.74. The highest BCUT2D eigenvalue weighted by molar-refractivity contribution is 7.92. The van der Waals surface area contributed by atoms with Crippen LogP contribution in [0.1, 0.15) is 38.3 Å². The third-order valence-corrected chi connectivity index (χ3v) is 6.83. The summed E-state index contributed by atoms with van der Waals surface area (Å²) >= 11 is 0.